The number of hydrogen-bond donors (Lipinski definition) is 1. The van der Waals surface area contributed by atoms with Crippen molar-refractivity contribution < 1.29 is 9.18 Å². The fourth-order valence-electron chi connectivity index (χ4n) is 2.40. The lowest BCUT2D eigenvalue weighted by Crippen LogP contribution is -2.24. The second-order valence-electron chi connectivity index (χ2n) is 5.83. The van der Waals surface area contributed by atoms with Gasteiger partial charge in [0.15, 0.2) is 5.82 Å². The van der Waals surface area contributed by atoms with Crippen LogP contribution in [0.4, 0.5) is 10.2 Å². The quantitative estimate of drug-likeness (QED) is 0.647. The Kier molecular flexibility index (Phi) is 5.43. The number of amides is 1. The first-order valence-corrected chi connectivity index (χ1v) is 9.00. The summed E-state index contributed by atoms with van der Waals surface area (Å²) in [7, 11) is 0. The number of nitrogens with zero attached hydrogens (tertiary/aromatic N) is 4. The fraction of sp³-hybridized carbons (Fsp3) is 0.235. The van der Waals surface area contributed by atoms with Crippen molar-refractivity contribution in [3.63, 3.8) is 0 Å². The Balaban J connectivity index is 1.75. The first kappa shape index (κ1) is 18.6. The molecule has 136 valence electrons. The largest absolute Gasteiger partial charge is 0.306 e. The minimum absolute atomic E-state index is 0.147. The maximum Gasteiger partial charge on any atom is 0.250 e. The van der Waals surface area contributed by atoms with Gasteiger partial charge in [-0.2, -0.15) is 10.2 Å². The minimum Gasteiger partial charge on any atom is -0.306 e. The SMILES string of the molecule is Cc1ccn(C(C)C(=O)Nc2nn(Cc3c(F)cccc3Cl)cc2Br)n1. The number of carbonyl (C=O) groups is 1. The average Bonchev–Trinajstić information content (AvgIpc) is 3.16. The monoisotopic (exact) mass is 439 g/mol. The molecule has 6 nitrogen and oxygen atoms in total. The van der Waals surface area contributed by atoms with Crippen LogP contribution in [0.2, 0.25) is 5.02 Å². The number of benzene rings is 1. The molecule has 1 atom stereocenters. The summed E-state index contributed by atoms with van der Waals surface area (Å²) in [6, 6.07) is 5.84. The number of hydrogen-bond acceptors (Lipinski definition) is 3. The Labute approximate surface area is 163 Å². The summed E-state index contributed by atoms with van der Waals surface area (Å²) in [4.78, 5) is 12.4. The Morgan fingerprint density at radius 1 is 1.38 bits per heavy atom. The van der Waals surface area contributed by atoms with E-state index >= 15 is 0 Å². The molecule has 0 fully saturated rings. The zero-order valence-corrected chi connectivity index (χ0v) is 16.4. The lowest BCUT2D eigenvalue weighted by atomic mass is 10.2. The van der Waals surface area contributed by atoms with Crippen LogP contribution in [0.3, 0.4) is 0 Å². The molecule has 0 aliphatic heterocycles. The summed E-state index contributed by atoms with van der Waals surface area (Å²) in [6.07, 6.45) is 3.40. The van der Waals surface area contributed by atoms with Crippen molar-refractivity contribution in [1.29, 1.82) is 0 Å². The molecular weight excluding hydrogens is 425 g/mol. The van der Waals surface area contributed by atoms with Gasteiger partial charge in [0.05, 0.1) is 16.7 Å². The Bertz CT molecular complexity index is 934. The number of halogens is 3. The standard InChI is InChI=1S/C17H16BrClFN5O/c1-10-6-7-25(22-10)11(2)17(26)21-16-13(18)9-24(23-16)8-12-14(19)4-3-5-15(12)20/h3-7,9,11H,8H2,1-2H3,(H,21,23,26). The third-order valence-corrected chi connectivity index (χ3v) is 4.79. The highest BCUT2D eigenvalue weighted by molar-refractivity contribution is 9.10. The van der Waals surface area contributed by atoms with Crippen molar-refractivity contribution in [1.82, 2.24) is 19.6 Å². The van der Waals surface area contributed by atoms with Crippen molar-refractivity contribution >= 4 is 39.3 Å². The molecule has 1 N–H and O–H groups in total. The van der Waals surface area contributed by atoms with E-state index in [1.165, 1.54) is 10.7 Å². The normalized spacial score (nSPS) is 12.2. The molecule has 3 rings (SSSR count). The molecule has 2 aromatic heterocycles. The molecule has 0 saturated heterocycles. The van der Waals surface area contributed by atoms with Gasteiger partial charge in [0.25, 0.3) is 0 Å². The predicted octanol–water partition coefficient (Wildman–Crippen LogP) is 4.19. The van der Waals surface area contributed by atoms with Gasteiger partial charge >= 0.3 is 0 Å². The van der Waals surface area contributed by atoms with Gasteiger partial charge in [-0.15, -0.1) is 0 Å². The first-order chi connectivity index (χ1) is 12.3. The van der Waals surface area contributed by atoms with Gasteiger partial charge in [-0.3, -0.25) is 14.2 Å². The van der Waals surface area contributed by atoms with Gasteiger partial charge in [0, 0.05) is 23.0 Å². The summed E-state index contributed by atoms with van der Waals surface area (Å²) >= 11 is 9.41. The van der Waals surface area contributed by atoms with Crippen molar-refractivity contribution in [2.45, 2.75) is 26.4 Å². The molecule has 26 heavy (non-hydrogen) atoms. The molecule has 0 spiro atoms. The van der Waals surface area contributed by atoms with E-state index in [1.807, 2.05) is 13.0 Å². The highest BCUT2D eigenvalue weighted by Crippen LogP contribution is 2.24. The highest BCUT2D eigenvalue weighted by Gasteiger charge is 2.19. The summed E-state index contributed by atoms with van der Waals surface area (Å²) in [5.74, 6) is -0.321. The summed E-state index contributed by atoms with van der Waals surface area (Å²) in [6.45, 7) is 3.74. The van der Waals surface area contributed by atoms with Gasteiger partial charge in [0.2, 0.25) is 5.91 Å². The number of anilines is 1. The van der Waals surface area contributed by atoms with Gasteiger partial charge < -0.3 is 5.32 Å². The third-order valence-electron chi connectivity index (χ3n) is 3.86. The molecule has 0 aliphatic rings. The summed E-state index contributed by atoms with van der Waals surface area (Å²) in [5, 5.41) is 11.6. The maximum atomic E-state index is 13.9. The molecule has 0 bridgehead atoms. The Morgan fingerprint density at radius 2 is 2.15 bits per heavy atom. The maximum absolute atomic E-state index is 13.9. The van der Waals surface area contributed by atoms with E-state index in [0.717, 1.165) is 5.69 Å². The van der Waals surface area contributed by atoms with Gasteiger partial charge in [0.1, 0.15) is 11.9 Å². The number of rotatable bonds is 5. The van der Waals surface area contributed by atoms with Gasteiger partial charge in [-0.25, -0.2) is 4.39 Å². The second-order valence-corrected chi connectivity index (χ2v) is 7.09. The van der Waals surface area contributed by atoms with Crippen LogP contribution < -0.4 is 5.32 Å². The molecule has 0 saturated carbocycles. The van der Waals surface area contributed by atoms with Crippen LogP contribution in [0.5, 0.6) is 0 Å². The van der Waals surface area contributed by atoms with Gasteiger partial charge in [-0.1, -0.05) is 17.7 Å². The molecule has 9 heteroatoms. The molecule has 0 radical (unpaired) electrons. The van der Waals surface area contributed by atoms with E-state index in [0.29, 0.717) is 20.9 Å². The molecule has 3 aromatic rings. The topological polar surface area (TPSA) is 64.7 Å². The lowest BCUT2D eigenvalue weighted by Gasteiger charge is -2.11. The smallest absolute Gasteiger partial charge is 0.250 e. The van der Waals surface area contributed by atoms with Crippen molar-refractivity contribution in [2.75, 3.05) is 5.32 Å². The number of nitrogens with one attached hydrogen (secondary N) is 1. The highest BCUT2D eigenvalue weighted by atomic mass is 79.9. The second kappa shape index (κ2) is 7.59. The molecule has 1 amide bonds. The number of carbonyl (C=O) groups excluding carboxylic acids is 1. The van der Waals surface area contributed by atoms with Crippen LogP contribution >= 0.6 is 27.5 Å². The number of aromatic nitrogens is 4. The van der Waals surface area contributed by atoms with Crippen LogP contribution in [0.15, 0.2) is 41.1 Å². The van der Waals surface area contributed by atoms with E-state index in [4.69, 9.17) is 11.6 Å². The van der Waals surface area contributed by atoms with Crippen LogP contribution in [0.1, 0.15) is 24.2 Å². The number of aryl methyl sites for hydroxylation is 1. The zero-order chi connectivity index (χ0) is 18.8. The van der Waals surface area contributed by atoms with Gasteiger partial charge in [-0.05, 0) is 48.0 Å². The fourth-order valence-corrected chi connectivity index (χ4v) is 3.04. The molecule has 1 unspecified atom stereocenters. The summed E-state index contributed by atoms with van der Waals surface area (Å²) in [5.41, 5.74) is 1.17. The third kappa shape index (κ3) is 3.96. The summed E-state index contributed by atoms with van der Waals surface area (Å²) < 4.78 is 17.6. The Hall–Kier alpha value is -2.19. The van der Waals surface area contributed by atoms with Crippen LogP contribution in [0.25, 0.3) is 0 Å². The first-order valence-electron chi connectivity index (χ1n) is 7.83. The van der Waals surface area contributed by atoms with E-state index in [1.54, 1.807) is 36.1 Å². The lowest BCUT2D eigenvalue weighted by molar-refractivity contribution is -0.119. The van der Waals surface area contributed by atoms with E-state index in [-0.39, 0.29) is 12.5 Å². The average molecular weight is 441 g/mol. The molecule has 1 aromatic carbocycles. The Morgan fingerprint density at radius 3 is 2.81 bits per heavy atom. The zero-order valence-electron chi connectivity index (χ0n) is 14.1. The van der Waals surface area contributed by atoms with Crippen molar-refractivity contribution in [3.8, 4) is 0 Å². The van der Waals surface area contributed by atoms with Crippen LogP contribution in [-0.4, -0.2) is 25.5 Å². The van der Waals surface area contributed by atoms with Crippen LogP contribution in [0, 0.1) is 12.7 Å². The predicted molar refractivity (Wildman–Crippen MR) is 101 cm³/mol. The van der Waals surface area contributed by atoms with Crippen molar-refractivity contribution in [3.05, 3.63) is 63.2 Å². The van der Waals surface area contributed by atoms with E-state index < -0.39 is 11.9 Å². The molecule has 2 heterocycles. The molecular formula is C17H16BrClFN5O. The molecule has 0 aliphatic carbocycles. The van der Waals surface area contributed by atoms with Crippen molar-refractivity contribution in [2.24, 2.45) is 0 Å². The van der Waals surface area contributed by atoms with Crippen LogP contribution in [-0.2, 0) is 11.3 Å². The van der Waals surface area contributed by atoms with E-state index in [2.05, 4.69) is 31.4 Å². The van der Waals surface area contributed by atoms with E-state index in [9.17, 15) is 9.18 Å². The minimum atomic E-state index is -0.498.